The predicted molar refractivity (Wildman–Crippen MR) is 401 cm³/mol. The minimum atomic E-state index is -1.34. The number of nitrogens with zero attached hydrogens (tertiary/aromatic N) is 14. The quantitative estimate of drug-likeness (QED) is 0.0308. The fourth-order valence-corrected chi connectivity index (χ4v) is 13.8. The maximum absolute atomic E-state index is 14.9. The van der Waals surface area contributed by atoms with Gasteiger partial charge < -0.3 is 66.6 Å². The largest absolute Gasteiger partial charge is 0.508 e. The van der Waals surface area contributed by atoms with Crippen molar-refractivity contribution in [3.8, 4) is 57.1 Å². The number of carbonyl (C=O) groups is 9. The van der Waals surface area contributed by atoms with Crippen LogP contribution in [-0.4, -0.2) is 313 Å². The number of nitrogens with one attached hydrogen (secondary N) is 3. The number of benzene rings is 4. The molecular weight excluding hydrogens is 1590 g/mol. The van der Waals surface area contributed by atoms with Crippen molar-refractivity contribution in [2.75, 3.05) is 137 Å². The summed E-state index contributed by atoms with van der Waals surface area (Å²) in [7, 11) is 0. The number of hydrogen-bond acceptors (Lipinski definition) is 23. The van der Waals surface area contributed by atoms with Crippen LogP contribution < -0.4 is 16.0 Å². The Bertz CT molecular complexity index is 4150. The Morgan fingerprint density at radius 3 is 1.19 bits per heavy atom. The molecule has 3 aliphatic rings. The van der Waals surface area contributed by atoms with Crippen molar-refractivity contribution >= 4 is 53.4 Å². The summed E-state index contributed by atoms with van der Waals surface area (Å²) in [5, 5.41) is 109. The van der Waals surface area contributed by atoms with Crippen molar-refractivity contribution in [1.29, 1.82) is 0 Å². The van der Waals surface area contributed by atoms with Gasteiger partial charge in [0.15, 0.2) is 11.6 Å². The smallest absolute Gasteiger partial charge is 0.320 e. The SMILES string of the molecule is C.CCNC(=O)c1nnc(-c2cc(C(C)C)c(O)cc2O)n1-c1ccc(CN2CCN(C(=O)CC[C@@H](NC(=O)CC[C@H](C(=O)O)N3CCN(CC(=O)O)CCN(CC(=O)O)CCN(CC(=O)O)CC3)C(=O)N3CCN(Cc4ccc(-n5c(C(=O)NCC)nnc5-c5cc(C(C)C)c(O)cc5O)cc4)CC3)CC2)cc1.[Lu]. The summed E-state index contributed by atoms with van der Waals surface area (Å²) in [5.41, 5.74) is 4.51. The van der Waals surface area contributed by atoms with Crippen LogP contribution in [0.3, 0.4) is 0 Å². The molecule has 2 aromatic heterocycles. The molecule has 0 bridgehead atoms. The third-order valence-electron chi connectivity index (χ3n) is 19.6. The van der Waals surface area contributed by atoms with Gasteiger partial charge >= 0.3 is 23.9 Å². The van der Waals surface area contributed by atoms with E-state index in [4.69, 9.17) is 0 Å². The third-order valence-corrected chi connectivity index (χ3v) is 19.6. The van der Waals surface area contributed by atoms with Gasteiger partial charge in [-0.3, -0.25) is 81.7 Å². The Kier molecular flexibility index (Phi) is 32.8. The van der Waals surface area contributed by atoms with Gasteiger partial charge in [-0.15, -0.1) is 20.4 Å². The number of phenols is 4. The number of carbonyl (C=O) groups excluding carboxylic acids is 5. The first kappa shape index (κ1) is 87.8. The third kappa shape index (κ3) is 23.3. The van der Waals surface area contributed by atoms with E-state index in [0.717, 1.165) is 11.1 Å². The van der Waals surface area contributed by atoms with Gasteiger partial charge in [0.05, 0.1) is 30.8 Å². The summed E-state index contributed by atoms with van der Waals surface area (Å²) in [6.45, 7) is 14.9. The second kappa shape index (κ2) is 41.0. The van der Waals surface area contributed by atoms with Crippen LogP contribution in [0.25, 0.3) is 34.2 Å². The molecule has 2 atom stereocenters. The van der Waals surface area contributed by atoms with E-state index >= 15 is 0 Å². The van der Waals surface area contributed by atoms with E-state index in [2.05, 4.69) is 46.1 Å². The number of amides is 5. The zero-order valence-corrected chi connectivity index (χ0v) is 63.8. The number of carboxylic acids is 4. The summed E-state index contributed by atoms with van der Waals surface area (Å²) < 4.78 is 3.09. The van der Waals surface area contributed by atoms with Gasteiger partial charge in [-0.1, -0.05) is 59.4 Å². The van der Waals surface area contributed by atoms with Crippen LogP contribution in [0, 0.1) is 36.9 Å². The maximum atomic E-state index is 14.9. The Morgan fingerprint density at radius 1 is 0.455 bits per heavy atom. The van der Waals surface area contributed by atoms with E-state index in [9.17, 15) is 84.0 Å². The topological polar surface area (TPSA) is 439 Å². The molecule has 0 aliphatic carbocycles. The van der Waals surface area contributed by atoms with Gasteiger partial charge in [0.1, 0.15) is 35.1 Å². The normalized spacial score (nSPS) is 16.0. The molecule has 3 saturated heterocycles. The van der Waals surface area contributed by atoms with E-state index in [1.54, 1.807) is 72.1 Å². The molecule has 0 unspecified atom stereocenters. The second-order valence-corrected chi connectivity index (χ2v) is 27.9. The zero-order chi connectivity index (χ0) is 78.0. The molecule has 605 valence electrons. The van der Waals surface area contributed by atoms with Crippen molar-refractivity contribution < 1.29 is 121 Å². The van der Waals surface area contributed by atoms with Gasteiger partial charge in [0, 0.05) is 204 Å². The number of aromatic hydroxyl groups is 4. The molecule has 3 fully saturated rings. The van der Waals surface area contributed by atoms with Gasteiger partial charge in [-0.25, -0.2) is 0 Å². The van der Waals surface area contributed by atoms with E-state index < -0.39 is 79.1 Å². The molecule has 9 rings (SSSR count). The van der Waals surface area contributed by atoms with Crippen molar-refractivity contribution in [1.82, 2.24) is 84.7 Å². The molecule has 0 saturated carbocycles. The monoisotopic (exact) mass is 1690 g/mol. The average molecular weight is 1690 g/mol. The van der Waals surface area contributed by atoms with Crippen LogP contribution in [-0.2, 0) is 46.7 Å². The Morgan fingerprint density at radius 2 is 0.827 bits per heavy atom. The molecule has 110 heavy (non-hydrogen) atoms. The van der Waals surface area contributed by atoms with E-state index in [-0.39, 0.29) is 211 Å². The first-order valence-electron chi connectivity index (χ1n) is 36.5. The van der Waals surface area contributed by atoms with Gasteiger partial charge in [-0.05, 0) is 97.2 Å². The zero-order valence-electron chi connectivity index (χ0n) is 62.1. The van der Waals surface area contributed by atoms with Gasteiger partial charge in [0.25, 0.3) is 11.8 Å². The standard InChI is InChI=1S/C74H99N17O17.CH4.Lu/c1-7-75-71(104)69-80-78-67(54-37-52(46(3)4)58(92)39-60(54)94)90(69)50-13-9-48(10-14-50)41-82-27-33-88(34-28-82)63(97)20-17-56(77-62(96)19-18-57(74(107)108)87-31-25-85(44-65(100)101)23-21-84(43-64(98)99)22-24-86(26-32-87)45-66(102)103)73(106)89-35-29-83(30-36-89)42-49-11-15-51(16-12-49)91-68(79-81-70(91)72(105)76-8-2)55-38-53(47(5)6)59(93)40-61(55)95;;/h9-16,37-40,46-47,56-57,92-95H,7-8,17-36,41-45H2,1-6H3,(H,75,104)(H,76,105)(H,77,96)(H,98,99)(H,100,101)(H,102,103)(H,107,108);1H4;/t56-,57-;;/m1../s1. The maximum Gasteiger partial charge on any atom is 0.320 e. The van der Waals surface area contributed by atoms with Crippen LogP contribution in [0.2, 0.25) is 0 Å². The summed E-state index contributed by atoms with van der Waals surface area (Å²) in [5.74, 6) is -7.65. The molecule has 11 N–H and O–H groups in total. The molecule has 1 radical (unpaired) electrons. The molecule has 3 aliphatic heterocycles. The number of aromatic nitrogens is 6. The van der Waals surface area contributed by atoms with Crippen LogP contribution in [0.15, 0.2) is 72.8 Å². The van der Waals surface area contributed by atoms with E-state index in [1.165, 1.54) is 16.7 Å². The molecule has 0 spiro atoms. The number of carboxylic acid groups (broad SMARTS) is 4. The molecule has 5 heterocycles. The summed E-state index contributed by atoms with van der Waals surface area (Å²) in [4.78, 5) is 133. The van der Waals surface area contributed by atoms with Gasteiger partial charge in [-0.2, -0.15) is 0 Å². The van der Waals surface area contributed by atoms with Crippen LogP contribution in [0.1, 0.15) is 130 Å². The molecule has 4 aromatic carbocycles. The van der Waals surface area contributed by atoms with Crippen molar-refractivity contribution in [3.05, 3.63) is 107 Å². The molecule has 5 amide bonds. The fourth-order valence-electron chi connectivity index (χ4n) is 13.8. The Balaban J connectivity index is 0.00000841. The minimum Gasteiger partial charge on any atom is -0.508 e. The summed E-state index contributed by atoms with van der Waals surface area (Å²) in [6, 6.07) is 18.0. The second-order valence-electron chi connectivity index (χ2n) is 27.9. The van der Waals surface area contributed by atoms with E-state index in [1.807, 2.05) is 64.1 Å². The van der Waals surface area contributed by atoms with Crippen LogP contribution in [0.5, 0.6) is 23.0 Å². The molecule has 6 aromatic rings. The first-order valence-corrected chi connectivity index (χ1v) is 36.5. The van der Waals surface area contributed by atoms with Crippen molar-refractivity contribution in [2.24, 2.45) is 0 Å². The Hall–Kier alpha value is -9.42. The Labute approximate surface area is 667 Å². The first-order chi connectivity index (χ1) is 51.6. The van der Waals surface area contributed by atoms with E-state index in [0.29, 0.717) is 87.9 Å². The van der Waals surface area contributed by atoms with Gasteiger partial charge in [0.2, 0.25) is 29.4 Å². The number of piperazine rings is 2. The average Bonchev–Trinajstić information content (AvgIpc) is 1.62. The molecule has 35 heteroatoms. The van der Waals surface area contributed by atoms with Crippen molar-refractivity contribution in [3.63, 3.8) is 0 Å². The van der Waals surface area contributed by atoms with Crippen molar-refractivity contribution in [2.45, 2.75) is 112 Å². The molecule has 34 nitrogen and oxygen atoms in total. The molecular formula is C75H103LuN17O17. The summed E-state index contributed by atoms with van der Waals surface area (Å²) >= 11 is 0. The van der Waals surface area contributed by atoms with Crippen LogP contribution >= 0.6 is 0 Å². The predicted octanol–water partition coefficient (Wildman–Crippen LogP) is 3.35. The fraction of sp³-hybridized carbons (Fsp3) is 0.507. The minimum absolute atomic E-state index is 0. The summed E-state index contributed by atoms with van der Waals surface area (Å²) in [6.07, 6.45) is -0.892. The number of hydrogen-bond donors (Lipinski definition) is 11. The van der Waals surface area contributed by atoms with Crippen LogP contribution in [0.4, 0.5) is 0 Å². The number of phenolic OH excluding ortho intramolecular Hbond substituents is 4. The number of aliphatic carboxylic acids is 4. The number of rotatable bonds is 30.